The smallest absolute Gasteiger partial charge is 0.160 e. The molecule has 57 heavy (non-hydrogen) atoms. The molecule has 1 aromatic heterocycles. The molecular formula is C55H38N2. The van der Waals surface area contributed by atoms with Crippen molar-refractivity contribution >= 4 is 32.3 Å². The molecule has 0 bridgehead atoms. The Bertz CT molecular complexity index is 3140. The van der Waals surface area contributed by atoms with Crippen LogP contribution in [-0.4, -0.2) is 9.97 Å². The first-order valence-electron chi connectivity index (χ1n) is 19.8. The summed E-state index contributed by atoms with van der Waals surface area (Å²) in [6, 6.07) is 70.1. The summed E-state index contributed by atoms with van der Waals surface area (Å²) in [4.78, 5) is 10.3. The summed E-state index contributed by atoms with van der Waals surface area (Å²) in [5.41, 5.74) is 15.3. The van der Waals surface area contributed by atoms with Gasteiger partial charge in [0.05, 0.1) is 11.4 Å². The molecule has 268 valence electrons. The van der Waals surface area contributed by atoms with Crippen LogP contribution in [0.4, 0.5) is 0 Å². The highest BCUT2D eigenvalue weighted by Gasteiger charge is 2.38. The lowest BCUT2D eigenvalue weighted by Gasteiger charge is -2.22. The molecule has 0 amide bonds. The third kappa shape index (κ3) is 5.25. The Morgan fingerprint density at radius 1 is 0.333 bits per heavy atom. The van der Waals surface area contributed by atoms with Gasteiger partial charge in [-0.1, -0.05) is 202 Å². The molecular weight excluding hydrogens is 689 g/mol. The average molecular weight is 727 g/mol. The van der Waals surface area contributed by atoms with Crippen molar-refractivity contribution in [1.29, 1.82) is 0 Å². The Kier molecular flexibility index (Phi) is 7.55. The second kappa shape index (κ2) is 13.0. The third-order valence-corrected chi connectivity index (χ3v) is 12.1. The van der Waals surface area contributed by atoms with Gasteiger partial charge in [0, 0.05) is 22.1 Å². The molecule has 1 aliphatic rings. The van der Waals surface area contributed by atoms with Crippen LogP contribution in [0.15, 0.2) is 194 Å². The summed E-state index contributed by atoms with van der Waals surface area (Å²) in [6.07, 6.45) is 0. The predicted octanol–water partition coefficient (Wildman–Crippen LogP) is 14.6. The minimum Gasteiger partial charge on any atom is -0.228 e. The zero-order chi connectivity index (χ0) is 38.1. The molecule has 0 unspecified atom stereocenters. The first-order chi connectivity index (χ1) is 28.0. The fourth-order valence-corrected chi connectivity index (χ4v) is 9.36. The molecule has 0 fully saturated rings. The van der Waals surface area contributed by atoms with Crippen molar-refractivity contribution in [1.82, 2.24) is 9.97 Å². The van der Waals surface area contributed by atoms with Crippen molar-refractivity contribution in [2.24, 2.45) is 0 Å². The van der Waals surface area contributed by atoms with Crippen LogP contribution in [0.25, 0.3) is 99.6 Å². The van der Waals surface area contributed by atoms with Crippen LogP contribution >= 0.6 is 0 Å². The topological polar surface area (TPSA) is 25.8 Å². The summed E-state index contributed by atoms with van der Waals surface area (Å²) in [7, 11) is 0. The van der Waals surface area contributed by atoms with Gasteiger partial charge in [0.1, 0.15) is 0 Å². The molecule has 0 saturated heterocycles. The van der Waals surface area contributed by atoms with E-state index >= 15 is 0 Å². The molecule has 9 aromatic carbocycles. The number of hydrogen-bond donors (Lipinski definition) is 0. The summed E-state index contributed by atoms with van der Waals surface area (Å²) < 4.78 is 0. The van der Waals surface area contributed by atoms with Gasteiger partial charge in [-0.05, 0) is 82.9 Å². The number of hydrogen-bond acceptors (Lipinski definition) is 2. The normalized spacial score (nSPS) is 12.9. The maximum Gasteiger partial charge on any atom is 0.160 e. The second-order valence-electron chi connectivity index (χ2n) is 15.7. The van der Waals surface area contributed by atoms with Crippen LogP contribution in [-0.2, 0) is 5.41 Å². The van der Waals surface area contributed by atoms with E-state index in [1.807, 2.05) is 24.3 Å². The van der Waals surface area contributed by atoms with E-state index in [1.165, 1.54) is 71.4 Å². The van der Waals surface area contributed by atoms with E-state index in [9.17, 15) is 0 Å². The van der Waals surface area contributed by atoms with Gasteiger partial charge in [0.15, 0.2) is 5.82 Å². The number of nitrogens with zero attached hydrogens (tertiary/aromatic N) is 2. The van der Waals surface area contributed by atoms with Crippen molar-refractivity contribution < 1.29 is 0 Å². The van der Waals surface area contributed by atoms with Crippen LogP contribution in [0.2, 0.25) is 0 Å². The Balaban J connectivity index is 1.10. The molecule has 0 spiro atoms. The number of rotatable bonds is 5. The van der Waals surface area contributed by atoms with Crippen LogP contribution < -0.4 is 0 Å². The Morgan fingerprint density at radius 2 is 0.825 bits per heavy atom. The maximum atomic E-state index is 5.21. The van der Waals surface area contributed by atoms with E-state index in [1.54, 1.807) is 0 Å². The lowest BCUT2D eigenvalue weighted by atomic mass is 9.81. The lowest BCUT2D eigenvalue weighted by Crippen LogP contribution is -2.14. The van der Waals surface area contributed by atoms with Crippen LogP contribution in [0.5, 0.6) is 0 Å². The third-order valence-electron chi connectivity index (χ3n) is 12.1. The monoisotopic (exact) mass is 726 g/mol. The number of aromatic nitrogens is 2. The lowest BCUT2D eigenvalue weighted by molar-refractivity contribution is 0.661. The largest absolute Gasteiger partial charge is 0.228 e. The highest BCUT2D eigenvalue weighted by molar-refractivity contribution is 6.14. The predicted molar refractivity (Wildman–Crippen MR) is 239 cm³/mol. The molecule has 2 heteroatoms. The van der Waals surface area contributed by atoms with Crippen molar-refractivity contribution in [3.05, 3.63) is 205 Å². The van der Waals surface area contributed by atoms with Crippen molar-refractivity contribution in [3.63, 3.8) is 0 Å². The molecule has 0 atom stereocenters. The highest BCUT2D eigenvalue weighted by Crippen LogP contribution is 2.55. The van der Waals surface area contributed by atoms with E-state index in [0.29, 0.717) is 5.82 Å². The molecule has 1 aliphatic carbocycles. The van der Waals surface area contributed by atoms with E-state index < -0.39 is 0 Å². The van der Waals surface area contributed by atoms with E-state index in [-0.39, 0.29) is 5.41 Å². The zero-order valence-corrected chi connectivity index (χ0v) is 31.9. The van der Waals surface area contributed by atoms with Gasteiger partial charge < -0.3 is 0 Å². The minimum atomic E-state index is -0.103. The van der Waals surface area contributed by atoms with Crippen LogP contribution in [0.1, 0.15) is 25.0 Å². The summed E-state index contributed by atoms with van der Waals surface area (Å²) in [5.74, 6) is 0.716. The average Bonchev–Trinajstić information content (AvgIpc) is 3.52. The molecule has 1 heterocycles. The van der Waals surface area contributed by atoms with E-state index in [2.05, 4.69) is 184 Å². The van der Waals surface area contributed by atoms with Crippen LogP contribution in [0.3, 0.4) is 0 Å². The zero-order valence-electron chi connectivity index (χ0n) is 31.9. The molecule has 0 radical (unpaired) electrons. The van der Waals surface area contributed by atoms with Gasteiger partial charge >= 0.3 is 0 Å². The quantitative estimate of drug-likeness (QED) is 0.176. The van der Waals surface area contributed by atoms with E-state index in [0.717, 1.165) is 33.5 Å². The van der Waals surface area contributed by atoms with Crippen molar-refractivity contribution in [3.8, 4) is 67.3 Å². The van der Waals surface area contributed by atoms with Gasteiger partial charge in [-0.3, -0.25) is 0 Å². The number of fused-ring (bicyclic) bond motifs is 7. The minimum absolute atomic E-state index is 0.103. The van der Waals surface area contributed by atoms with Gasteiger partial charge in [-0.2, -0.15) is 0 Å². The van der Waals surface area contributed by atoms with Gasteiger partial charge in [-0.15, -0.1) is 0 Å². The summed E-state index contributed by atoms with van der Waals surface area (Å²) in [6.45, 7) is 4.75. The fraction of sp³-hybridized carbons (Fsp3) is 0.0545. The van der Waals surface area contributed by atoms with Crippen LogP contribution in [0, 0.1) is 0 Å². The summed E-state index contributed by atoms with van der Waals surface area (Å²) in [5, 5.41) is 7.43. The molecule has 0 N–H and O–H groups in total. The van der Waals surface area contributed by atoms with Gasteiger partial charge in [0.25, 0.3) is 0 Å². The Labute approximate surface area is 332 Å². The Hall–Kier alpha value is -7.16. The van der Waals surface area contributed by atoms with E-state index in [4.69, 9.17) is 9.97 Å². The highest BCUT2D eigenvalue weighted by atomic mass is 14.9. The molecule has 0 saturated carbocycles. The molecule has 0 aliphatic heterocycles. The first kappa shape index (κ1) is 33.2. The van der Waals surface area contributed by atoms with Gasteiger partial charge in [0.2, 0.25) is 0 Å². The van der Waals surface area contributed by atoms with Crippen molar-refractivity contribution in [2.75, 3.05) is 0 Å². The Morgan fingerprint density at radius 3 is 1.47 bits per heavy atom. The fourth-order valence-electron chi connectivity index (χ4n) is 9.36. The second-order valence-corrected chi connectivity index (χ2v) is 15.7. The SMILES string of the molecule is CC1(C)c2cccc(-c3ccc(-c4ccc(-c5cc(-c6ccccc6)nc(-c6ccccc6)n5)c5ccccc45)c4ccccc34)c2-c2c1ccc1ccccc21. The molecule has 11 rings (SSSR count). The van der Waals surface area contributed by atoms with Crippen molar-refractivity contribution in [2.45, 2.75) is 19.3 Å². The molecule has 2 nitrogen and oxygen atoms in total. The standard InChI is InChI=1S/C55H38N2/c1-55(2)48-27-15-26-47(53(48)52-38-21-10-9-16-35(38)28-33-49(52)55)45-30-29-43(39-22-11-12-23-40(39)45)44-31-32-46(42-25-14-13-24-41(42)44)51-34-50(36-17-5-3-6-18-36)56-54(57-51)37-19-7-4-8-20-37/h3-34H,1-2H3. The molecule has 10 aromatic rings. The first-order valence-corrected chi connectivity index (χ1v) is 19.8. The van der Waals surface area contributed by atoms with Gasteiger partial charge in [-0.25, -0.2) is 9.97 Å². The summed E-state index contributed by atoms with van der Waals surface area (Å²) >= 11 is 0. The number of benzene rings is 9. The maximum absolute atomic E-state index is 5.21.